The van der Waals surface area contributed by atoms with Crippen LogP contribution in [0, 0.1) is 0 Å². The molecule has 1 fully saturated rings. The Morgan fingerprint density at radius 3 is 2.38 bits per heavy atom. The molecule has 74 valence electrons. The molecule has 1 rings (SSSR count). The van der Waals surface area contributed by atoms with Crippen molar-refractivity contribution in [2.75, 3.05) is 6.54 Å². The Labute approximate surface area is 82.1 Å². The van der Waals surface area contributed by atoms with Crippen LogP contribution in [0.1, 0.15) is 40.5 Å². The fraction of sp³-hybridized carbons (Fsp3) is 0.667. The number of nitrogens with zero attached hydrogens (tertiary/aromatic N) is 1. The summed E-state index contributed by atoms with van der Waals surface area (Å²) in [7, 11) is 0. The van der Waals surface area contributed by atoms with E-state index < -0.39 is 0 Å². The van der Waals surface area contributed by atoms with Crippen molar-refractivity contribution in [3.05, 3.63) is 23.4 Å². The van der Waals surface area contributed by atoms with Crippen LogP contribution in [0.15, 0.2) is 23.4 Å². The molecule has 1 saturated heterocycles. The van der Waals surface area contributed by atoms with E-state index >= 15 is 0 Å². The first-order valence-corrected chi connectivity index (χ1v) is 5.16. The number of hydrogen-bond donors (Lipinski definition) is 0. The maximum absolute atomic E-state index is 4.15. The van der Waals surface area contributed by atoms with E-state index in [0.29, 0.717) is 6.04 Å². The largest absolute Gasteiger partial charge is 0.369 e. The highest BCUT2D eigenvalue weighted by Crippen LogP contribution is 2.29. The maximum Gasteiger partial charge on any atom is 0.0381 e. The Morgan fingerprint density at radius 2 is 2.00 bits per heavy atom. The zero-order chi connectivity index (χ0) is 10.0. The van der Waals surface area contributed by atoms with Crippen LogP contribution in [0.5, 0.6) is 0 Å². The van der Waals surface area contributed by atoms with E-state index in [9.17, 15) is 0 Å². The maximum atomic E-state index is 4.15. The van der Waals surface area contributed by atoms with Gasteiger partial charge in [0, 0.05) is 18.3 Å². The fourth-order valence-electron chi connectivity index (χ4n) is 2.05. The average Bonchev–Trinajstić information content (AvgIpc) is 2.02. The molecule has 1 aliphatic heterocycles. The van der Waals surface area contributed by atoms with Crippen LogP contribution in [0.3, 0.4) is 0 Å². The van der Waals surface area contributed by atoms with Gasteiger partial charge in [0.05, 0.1) is 0 Å². The lowest BCUT2D eigenvalue weighted by atomic mass is 9.97. The summed E-state index contributed by atoms with van der Waals surface area (Å²) < 4.78 is 0. The van der Waals surface area contributed by atoms with E-state index in [1.165, 1.54) is 36.2 Å². The van der Waals surface area contributed by atoms with Crippen molar-refractivity contribution >= 4 is 0 Å². The van der Waals surface area contributed by atoms with Gasteiger partial charge in [-0.3, -0.25) is 0 Å². The van der Waals surface area contributed by atoms with Crippen molar-refractivity contribution in [1.82, 2.24) is 4.90 Å². The van der Waals surface area contributed by atoms with Gasteiger partial charge < -0.3 is 4.90 Å². The second-order valence-electron chi connectivity index (χ2n) is 4.34. The molecule has 0 bridgehead atoms. The molecule has 0 saturated carbocycles. The average molecular weight is 179 g/mol. The number of rotatable bonds is 1. The van der Waals surface area contributed by atoms with Crippen molar-refractivity contribution in [3.63, 3.8) is 0 Å². The minimum Gasteiger partial charge on any atom is -0.369 e. The highest BCUT2D eigenvalue weighted by molar-refractivity contribution is 5.32. The quantitative estimate of drug-likeness (QED) is 0.596. The van der Waals surface area contributed by atoms with E-state index in [-0.39, 0.29) is 0 Å². The van der Waals surface area contributed by atoms with Gasteiger partial charge >= 0.3 is 0 Å². The monoisotopic (exact) mass is 179 g/mol. The molecule has 0 N–H and O–H groups in total. The molecule has 1 nitrogen and oxygen atoms in total. The smallest absolute Gasteiger partial charge is 0.0381 e. The second kappa shape index (κ2) is 3.99. The molecule has 0 atom stereocenters. The van der Waals surface area contributed by atoms with E-state index in [1.54, 1.807) is 0 Å². The molecule has 0 amide bonds. The normalized spacial score (nSPS) is 18.4. The highest BCUT2D eigenvalue weighted by Gasteiger charge is 2.20. The third-order valence-corrected chi connectivity index (χ3v) is 2.60. The molecule has 13 heavy (non-hydrogen) atoms. The van der Waals surface area contributed by atoms with Gasteiger partial charge in [-0.1, -0.05) is 12.2 Å². The van der Waals surface area contributed by atoms with Crippen molar-refractivity contribution < 1.29 is 0 Å². The van der Waals surface area contributed by atoms with Gasteiger partial charge in [0.25, 0.3) is 0 Å². The first-order chi connectivity index (χ1) is 6.04. The summed E-state index contributed by atoms with van der Waals surface area (Å²) in [5.74, 6) is 0. The molecule has 0 aliphatic carbocycles. The molecular weight excluding hydrogens is 158 g/mol. The third-order valence-electron chi connectivity index (χ3n) is 2.60. The lowest BCUT2D eigenvalue weighted by molar-refractivity contribution is 0.263. The van der Waals surface area contributed by atoms with E-state index in [1.807, 2.05) is 0 Å². The lowest BCUT2D eigenvalue weighted by Gasteiger charge is -2.37. The van der Waals surface area contributed by atoms with Crippen LogP contribution < -0.4 is 0 Å². The molecule has 0 unspecified atom stereocenters. The highest BCUT2D eigenvalue weighted by atomic mass is 15.2. The van der Waals surface area contributed by atoms with Gasteiger partial charge in [-0.25, -0.2) is 0 Å². The molecule has 1 heterocycles. The molecule has 0 aromatic carbocycles. The van der Waals surface area contributed by atoms with E-state index in [0.717, 1.165) is 0 Å². The SMILES string of the molecule is C=C1CCCN(C(C)C)C1=C(C)C. The molecule has 0 aromatic rings. The van der Waals surface area contributed by atoms with Gasteiger partial charge in [0.15, 0.2) is 0 Å². The van der Waals surface area contributed by atoms with Gasteiger partial charge in [-0.15, -0.1) is 0 Å². The zero-order valence-electron chi connectivity index (χ0n) is 9.35. The minimum atomic E-state index is 0.599. The second-order valence-corrected chi connectivity index (χ2v) is 4.34. The third kappa shape index (κ3) is 2.15. The summed E-state index contributed by atoms with van der Waals surface area (Å²) >= 11 is 0. The lowest BCUT2D eigenvalue weighted by Crippen LogP contribution is -2.35. The molecule has 0 radical (unpaired) electrons. The van der Waals surface area contributed by atoms with Crippen LogP contribution in [0.2, 0.25) is 0 Å². The first kappa shape index (κ1) is 10.4. The number of hydrogen-bond acceptors (Lipinski definition) is 1. The Hall–Kier alpha value is -0.720. The molecule has 1 heteroatoms. The van der Waals surface area contributed by atoms with Crippen molar-refractivity contribution in [2.45, 2.75) is 46.6 Å². The van der Waals surface area contributed by atoms with Crippen LogP contribution >= 0.6 is 0 Å². The Morgan fingerprint density at radius 1 is 1.38 bits per heavy atom. The summed E-state index contributed by atoms with van der Waals surface area (Å²) in [5.41, 5.74) is 4.12. The minimum absolute atomic E-state index is 0.599. The van der Waals surface area contributed by atoms with Gasteiger partial charge in [-0.05, 0) is 46.1 Å². The van der Waals surface area contributed by atoms with E-state index in [4.69, 9.17) is 0 Å². The molecule has 0 aromatic heterocycles. The summed E-state index contributed by atoms with van der Waals surface area (Å²) in [6, 6.07) is 0.599. The number of piperidine rings is 1. The molecular formula is C12H21N. The Kier molecular flexibility index (Phi) is 3.18. The van der Waals surface area contributed by atoms with Crippen LogP contribution in [-0.2, 0) is 0 Å². The van der Waals surface area contributed by atoms with Gasteiger partial charge in [0.2, 0.25) is 0 Å². The standard InChI is InChI=1S/C12H21N/c1-9(2)12-11(5)7-6-8-13(12)10(3)4/h10H,5-8H2,1-4H3. The first-order valence-electron chi connectivity index (χ1n) is 5.16. The Balaban J connectivity index is 2.94. The van der Waals surface area contributed by atoms with Crippen LogP contribution in [-0.4, -0.2) is 17.5 Å². The van der Waals surface area contributed by atoms with Crippen LogP contribution in [0.25, 0.3) is 0 Å². The molecule has 0 spiro atoms. The zero-order valence-corrected chi connectivity index (χ0v) is 9.35. The predicted molar refractivity (Wildman–Crippen MR) is 58.6 cm³/mol. The van der Waals surface area contributed by atoms with Gasteiger partial charge in [-0.2, -0.15) is 0 Å². The summed E-state index contributed by atoms with van der Waals surface area (Å²) in [6.45, 7) is 14.2. The van der Waals surface area contributed by atoms with E-state index in [2.05, 4.69) is 39.2 Å². The molecule has 1 aliphatic rings. The fourth-order valence-corrected chi connectivity index (χ4v) is 2.05. The van der Waals surface area contributed by atoms with Crippen molar-refractivity contribution in [3.8, 4) is 0 Å². The van der Waals surface area contributed by atoms with Crippen molar-refractivity contribution in [2.24, 2.45) is 0 Å². The predicted octanol–water partition coefficient (Wildman–Crippen LogP) is 3.34. The Bertz CT molecular complexity index is 232. The number of likely N-dealkylation sites (tertiary alicyclic amines) is 1. The summed E-state index contributed by atoms with van der Waals surface area (Å²) in [4.78, 5) is 2.47. The van der Waals surface area contributed by atoms with Crippen LogP contribution in [0.4, 0.5) is 0 Å². The van der Waals surface area contributed by atoms with Gasteiger partial charge in [0.1, 0.15) is 0 Å². The number of allylic oxidation sites excluding steroid dienone is 2. The summed E-state index contributed by atoms with van der Waals surface area (Å²) in [6.07, 6.45) is 2.43. The summed E-state index contributed by atoms with van der Waals surface area (Å²) in [5, 5.41) is 0. The topological polar surface area (TPSA) is 3.24 Å². The van der Waals surface area contributed by atoms with Crippen molar-refractivity contribution in [1.29, 1.82) is 0 Å².